The fraction of sp³-hybridized carbons (Fsp3) is 0.500. The van der Waals surface area contributed by atoms with Crippen LogP contribution in [0.5, 0.6) is 0 Å². The van der Waals surface area contributed by atoms with Crippen LogP contribution in [0.15, 0.2) is 6.07 Å². The van der Waals surface area contributed by atoms with Crippen LogP contribution in [0, 0.1) is 5.92 Å². The third-order valence-corrected chi connectivity index (χ3v) is 3.63. The molecule has 2 aromatic rings. The van der Waals surface area contributed by atoms with E-state index in [2.05, 4.69) is 43.0 Å². The summed E-state index contributed by atoms with van der Waals surface area (Å²) in [4.78, 5) is 7.84. The minimum atomic E-state index is 0.319. The molecule has 104 valence electrons. The van der Waals surface area contributed by atoms with E-state index >= 15 is 0 Å². The minimum absolute atomic E-state index is 0.319. The normalized spacial score (nSPS) is 11.8. The Morgan fingerprint density at radius 1 is 1.26 bits per heavy atom. The molecule has 0 fully saturated rings. The van der Waals surface area contributed by atoms with Crippen molar-refractivity contribution in [2.24, 2.45) is 5.92 Å². The molecule has 0 aliphatic carbocycles. The smallest absolute Gasteiger partial charge is 0.201 e. The number of rotatable bonds is 4. The number of H-pyrrole nitrogens is 1. The Hall–Kier alpha value is -0.930. The number of benzene rings is 1. The summed E-state index contributed by atoms with van der Waals surface area (Å²) in [5.74, 6) is 1.26. The second-order valence-corrected chi connectivity index (χ2v) is 6.31. The van der Waals surface area contributed by atoms with Crippen LogP contribution in [0.4, 0.5) is 5.95 Å². The van der Waals surface area contributed by atoms with Crippen molar-refractivity contribution in [3.8, 4) is 0 Å². The predicted molar refractivity (Wildman–Crippen MR) is 83.4 cm³/mol. The lowest BCUT2D eigenvalue weighted by atomic mass is 10.0. The highest BCUT2D eigenvalue weighted by atomic mass is 35.5. The van der Waals surface area contributed by atoms with Crippen LogP contribution in [-0.2, 0) is 6.42 Å². The van der Waals surface area contributed by atoms with E-state index in [-0.39, 0.29) is 0 Å². The van der Waals surface area contributed by atoms with Crippen molar-refractivity contribution in [1.29, 1.82) is 0 Å². The number of nitrogens with one attached hydrogen (secondary N) is 2. The molecule has 0 bridgehead atoms. The number of anilines is 1. The molecule has 5 heteroatoms. The predicted octanol–water partition coefficient (Wildman–Crippen LogP) is 4.89. The SMILES string of the molecule is CC(C)Cc1c(Cl)c(Cl)cc2[nH]c(NC(C)C)nc12. The molecule has 0 saturated heterocycles. The number of hydrogen-bond donors (Lipinski definition) is 2. The van der Waals surface area contributed by atoms with E-state index in [1.165, 1.54) is 0 Å². The first-order chi connectivity index (χ1) is 8.88. The number of hydrogen-bond acceptors (Lipinski definition) is 2. The average Bonchev–Trinajstić information content (AvgIpc) is 2.65. The van der Waals surface area contributed by atoms with Crippen molar-refractivity contribution in [2.75, 3.05) is 5.32 Å². The van der Waals surface area contributed by atoms with Crippen molar-refractivity contribution in [3.63, 3.8) is 0 Å². The highest BCUT2D eigenvalue weighted by molar-refractivity contribution is 6.43. The van der Waals surface area contributed by atoms with Gasteiger partial charge in [-0.05, 0) is 32.3 Å². The molecule has 0 amide bonds. The van der Waals surface area contributed by atoms with E-state index < -0.39 is 0 Å². The van der Waals surface area contributed by atoms with Crippen LogP contribution in [-0.4, -0.2) is 16.0 Å². The first-order valence-corrected chi connectivity index (χ1v) is 7.27. The van der Waals surface area contributed by atoms with Crippen LogP contribution in [0.3, 0.4) is 0 Å². The minimum Gasteiger partial charge on any atom is -0.354 e. The van der Waals surface area contributed by atoms with Gasteiger partial charge >= 0.3 is 0 Å². The zero-order valence-electron chi connectivity index (χ0n) is 11.6. The van der Waals surface area contributed by atoms with Gasteiger partial charge in [-0.1, -0.05) is 37.0 Å². The fourth-order valence-electron chi connectivity index (χ4n) is 2.10. The number of fused-ring (bicyclic) bond motifs is 1. The van der Waals surface area contributed by atoms with E-state index in [0.717, 1.165) is 29.0 Å². The van der Waals surface area contributed by atoms with E-state index in [9.17, 15) is 0 Å². The molecule has 0 aliphatic rings. The maximum Gasteiger partial charge on any atom is 0.201 e. The number of halogens is 2. The van der Waals surface area contributed by atoms with Gasteiger partial charge in [0.2, 0.25) is 5.95 Å². The Morgan fingerprint density at radius 2 is 1.95 bits per heavy atom. The van der Waals surface area contributed by atoms with Gasteiger partial charge in [0.1, 0.15) is 0 Å². The van der Waals surface area contributed by atoms with Gasteiger partial charge in [-0.3, -0.25) is 0 Å². The van der Waals surface area contributed by atoms with Gasteiger partial charge in [0.05, 0.1) is 21.1 Å². The van der Waals surface area contributed by atoms with Gasteiger partial charge < -0.3 is 10.3 Å². The molecule has 1 aromatic carbocycles. The second-order valence-electron chi connectivity index (χ2n) is 5.53. The Labute approximate surface area is 123 Å². The molecular weight excluding hydrogens is 281 g/mol. The fourth-order valence-corrected chi connectivity index (χ4v) is 2.54. The molecule has 2 N–H and O–H groups in total. The highest BCUT2D eigenvalue weighted by Crippen LogP contribution is 2.34. The van der Waals surface area contributed by atoms with Crippen LogP contribution in [0.1, 0.15) is 33.3 Å². The van der Waals surface area contributed by atoms with Crippen LogP contribution in [0.2, 0.25) is 10.0 Å². The molecule has 0 aliphatic heterocycles. The van der Waals surface area contributed by atoms with E-state index in [4.69, 9.17) is 23.2 Å². The summed E-state index contributed by atoms with van der Waals surface area (Å²) in [6.07, 6.45) is 0.863. The van der Waals surface area contributed by atoms with E-state index in [1.54, 1.807) is 0 Å². The maximum absolute atomic E-state index is 6.33. The molecule has 1 aromatic heterocycles. The topological polar surface area (TPSA) is 40.7 Å². The summed E-state index contributed by atoms with van der Waals surface area (Å²) >= 11 is 12.5. The molecule has 0 atom stereocenters. The third kappa shape index (κ3) is 3.15. The zero-order valence-corrected chi connectivity index (χ0v) is 13.2. The highest BCUT2D eigenvalue weighted by Gasteiger charge is 2.16. The summed E-state index contributed by atoms with van der Waals surface area (Å²) < 4.78 is 0. The van der Waals surface area contributed by atoms with E-state index in [1.807, 2.05) is 6.07 Å². The third-order valence-electron chi connectivity index (χ3n) is 2.80. The molecule has 0 spiro atoms. The van der Waals surface area contributed by atoms with Crippen LogP contribution >= 0.6 is 23.2 Å². The van der Waals surface area contributed by atoms with Gasteiger partial charge in [-0.2, -0.15) is 0 Å². The second kappa shape index (κ2) is 5.59. The summed E-state index contributed by atoms with van der Waals surface area (Å²) in [5, 5.41) is 4.45. The summed E-state index contributed by atoms with van der Waals surface area (Å²) in [5.41, 5.74) is 2.85. The molecule has 19 heavy (non-hydrogen) atoms. The first kappa shape index (κ1) is 14.5. The monoisotopic (exact) mass is 299 g/mol. The maximum atomic E-state index is 6.33. The summed E-state index contributed by atoms with van der Waals surface area (Å²) in [7, 11) is 0. The quantitative estimate of drug-likeness (QED) is 0.844. The number of imidazole rings is 1. The van der Waals surface area contributed by atoms with Crippen molar-refractivity contribution in [3.05, 3.63) is 21.7 Å². The Bertz CT molecular complexity index is 588. The lowest BCUT2D eigenvalue weighted by molar-refractivity contribution is 0.649. The Balaban J connectivity index is 2.56. The molecule has 3 nitrogen and oxygen atoms in total. The summed E-state index contributed by atoms with van der Waals surface area (Å²) in [6.45, 7) is 8.45. The molecule has 0 saturated carbocycles. The Morgan fingerprint density at radius 3 is 2.53 bits per heavy atom. The molecule has 1 heterocycles. The molecular formula is C14H19Cl2N3. The van der Waals surface area contributed by atoms with Crippen LogP contribution in [0.25, 0.3) is 11.0 Å². The average molecular weight is 300 g/mol. The van der Waals surface area contributed by atoms with Gasteiger partial charge in [0.15, 0.2) is 0 Å². The largest absolute Gasteiger partial charge is 0.354 e. The van der Waals surface area contributed by atoms with E-state index in [0.29, 0.717) is 22.0 Å². The van der Waals surface area contributed by atoms with Gasteiger partial charge in [0, 0.05) is 11.6 Å². The molecule has 0 unspecified atom stereocenters. The van der Waals surface area contributed by atoms with Crippen molar-refractivity contribution in [2.45, 2.75) is 40.2 Å². The van der Waals surface area contributed by atoms with Crippen molar-refractivity contribution < 1.29 is 0 Å². The lowest BCUT2D eigenvalue weighted by Crippen LogP contribution is -2.10. The first-order valence-electron chi connectivity index (χ1n) is 6.51. The number of aromatic amines is 1. The molecule has 2 rings (SSSR count). The van der Waals surface area contributed by atoms with Crippen molar-refractivity contribution in [1.82, 2.24) is 9.97 Å². The lowest BCUT2D eigenvalue weighted by Gasteiger charge is -2.09. The van der Waals surface area contributed by atoms with Gasteiger partial charge in [-0.25, -0.2) is 4.98 Å². The zero-order chi connectivity index (χ0) is 14.2. The van der Waals surface area contributed by atoms with Gasteiger partial charge in [-0.15, -0.1) is 0 Å². The van der Waals surface area contributed by atoms with Crippen LogP contribution < -0.4 is 5.32 Å². The number of nitrogens with zero attached hydrogens (tertiary/aromatic N) is 1. The number of aromatic nitrogens is 2. The summed E-state index contributed by atoms with van der Waals surface area (Å²) in [6, 6.07) is 2.15. The molecule has 0 radical (unpaired) electrons. The van der Waals surface area contributed by atoms with Gasteiger partial charge in [0.25, 0.3) is 0 Å². The Kier molecular flexibility index (Phi) is 4.26. The van der Waals surface area contributed by atoms with Crippen molar-refractivity contribution >= 4 is 40.2 Å². The standard InChI is InChI=1S/C14H19Cl2N3/c1-7(2)5-9-12(16)10(15)6-11-13(9)19-14(18-11)17-8(3)4/h6-8H,5H2,1-4H3,(H2,17,18,19).